The van der Waals surface area contributed by atoms with Crippen LogP contribution in [0.15, 0.2) is 36.7 Å². The summed E-state index contributed by atoms with van der Waals surface area (Å²) in [4.78, 5) is 33.0. The highest BCUT2D eigenvalue weighted by molar-refractivity contribution is 5.94. The quantitative estimate of drug-likeness (QED) is 0.809. The lowest BCUT2D eigenvalue weighted by molar-refractivity contribution is -0.136. The zero-order valence-corrected chi connectivity index (χ0v) is 15.8. The summed E-state index contributed by atoms with van der Waals surface area (Å²) in [5.74, 6) is 0.286. The molecular weight excluding hydrogens is 347 g/mol. The number of aromatic nitrogens is 2. The minimum Gasteiger partial charge on any atom is -0.339 e. The van der Waals surface area contributed by atoms with Crippen molar-refractivity contribution in [1.82, 2.24) is 19.4 Å². The maximum absolute atomic E-state index is 13.3. The number of halogens is 1. The molecule has 2 amide bonds. The topological polar surface area (TPSA) is 58.4 Å². The van der Waals surface area contributed by atoms with Crippen molar-refractivity contribution >= 4 is 11.8 Å². The van der Waals surface area contributed by atoms with Gasteiger partial charge in [0.15, 0.2) is 0 Å². The third kappa shape index (κ3) is 4.35. The Hall–Kier alpha value is -2.70. The molecule has 27 heavy (non-hydrogen) atoms. The van der Waals surface area contributed by atoms with Crippen LogP contribution in [0.1, 0.15) is 30.0 Å². The molecule has 2 aromatic rings. The van der Waals surface area contributed by atoms with Crippen LogP contribution in [0.25, 0.3) is 0 Å². The number of piperazine rings is 1. The Labute approximate surface area is 158 Å². The van der Waals surface area contributed by atoms with E-state index in [9.17, 15) is 14.0 Å². The van der Waals surface area contributed by atoms with Crippen LogP contribution in [-0.2, 0) is 17.8 Å². The van der Waals surface area contributed by atoms with Crippen LogP contribution < -0.4 is 0 Å². The number of aryl methyl sites for hydroxylation is 1. The van der Waals surface area contributed by atoms with Gasteiger partial charge in [-0.1, -0.05) is 19.9 Å². The highest BCUT2D eigenvalue weighted by atomic mass is 19.1. The maximum atomic E-state index is 13.3. The molecule has 1 aromatic carbocycles. The van der Waals surface area contributed by atoms with Crippen molar-refractivity contribution in [2.45, 2.75) is 26.8 Å². The molecule has 1 fully saturated rings. The third-order valence-corrected chi connectivity index (χ3v) is 4.96. The molecule has 1 aliphatic rings. The summed E-state index contributed by atoms with van der Waals surface area (Å²) in [6.45, 7) is 6.47. The molecule has 1 atom stereocenters. The highest BCUT2D eigenvalue weighted by Gasteiger charge is 2.27. The highest BCUT2D eigenvalue weighted by Crippen LogP contribution is 2.14. The Morgan fingerprint density at radius 2 is 1.89 bits per heavy atom. The second-order valence-corrected chi connectivity index (χ2v) is 6.88. The van der Waals surface area contributed by atoms with Crippen LogP contribution in [0.4, 0.5) is 4.39 Å². The molecule has 0 N–H and O–H groups in total. The van der Waals surface area contributed by atoms with E-state index in [1.165, 1.54) is 18.2 Å². The lowest BCUT2D eigenvalue weighted by atomic mass is 10.1. The normalized spacial score (nSPS) is 15.7. The predicted molar refractivity (Wildman–Crippen MR) is 99.7 cm³/mol. The van der Waals surface area contributed by atoms with Crippen LogP contribution in [0.2, 0.25) is 0 Å². The molecular formula is C20H25FN4O2. The summed E-state index contributed by atoms with van der Waals surface area (Å²) in [5.41, 5.74) is 0.343. The smallest absolute Gasteiger partial charge is 0.254 e. The van der Waals surface area contributed by atoms with Gasteiger partial charge in [0, 0.05) is 57.1 Å². The number of imidazole rings is 1. The monoisotopic (exact) mass is 372 g/mol. The zero-order chi connectivity index (χ0) is 19.4. The number of rotatable bonds is 5. The second kappa shape index (κ2) is 8.33. The average molecular weight is 372 g/mol. The van der Waals surface area contributed by atoms with E-state index in [-0.39, 0.29) is 17.7 Å². The maximum Gasteiger partial charge on any atom is 0.254 e. The molecule has 0 aliphatic carbocycles. The first-order valence-electron chi connectivity index (χ1n) is 9.33. The minimum absolute atomic E-state index is 0.0867. The lowest BCUT2D eigenvalue weighted by Gasteiger charge is -2.36. The van der Waals surface area contributed by atoms with Crippen molar-refractivity contribution < 1.29 is 14.0 Å². The van der Waals surface area contributed by atoms with E-state index in [1.807, 2.05) is 29.5 Å². The Balaban J connectivity index is 1.55. The van der Waals surface area contributed by atoms with Gasteiger partial charge in [-0.2, -0.15) is 0 Å². The van der Waals surface area contributed by atoms with Crippen molar-refractivity contribution in [2.75, 3.05) is 26.2 Å². The molecule has 1 aromatic heterocycles. The van der Waals surface area contributed by atoms with Gasteiger partial charge in [0.05, 0.1) is 5.92 Å². The molecule has 144 valence electrons. The SMILES string of the molecule is CCc1nccn1C[C@@H](C)C(=O)N1CCN(C(=O)c2cccc(F)c2)CC1. The summed E-state index contributed by atoms with van der Waals surface area (Å²) >= 11 is 0. The van der Waals surface area contributed by atoms with Gasteiger partial charge in [-0.3, -0.25) is 9.59 Å². The minimum atomic E-state index is -0.422. The first-order valence-corrected chi connectivity index (χ1v) is 9.33. The van der Waals surface area contributed by atoms with Gasteiger partial charge >= 0.3 is 0 Å². The van der Waals surface area contributed by atoms with Gasteiger partial charge in [-0.15, -0.1) is 0 Å². The first-order chi connectivity index (χ1) is 13.0. The van der Waals surface area contributed by atoms with Gasteiger partial charge in [0.1, 0.15) is 11.6 Å². The van der Waals surface area contributed by atoms with E-state index in [0.29, 0.717) is 38.3 Å². The van der Waals surface area contributed by atoms with E-state index in [1.54, 1.807) is 17.2 Å². The Kier molecular flexibility index (Phi) is 5.88. The number of carbonyl (C=O) groups excluding carboxylic acids is 2. The average Bonchev–Trinajstić information content (AvgIpc) is 3.14. The van der Waals surface area contributed by atoms with Crippen molar-refractivity contribution in [3.63, 3.8) is 0 Å². The van der Waals surface area contributed by atoms with Crippen molar-refractivity contribution in [2.24, 2.45) is 5.92 Å². The van der Waals surface area contributed by atoms with Crippen LogP contribution >= 0.6 is 0 Å². The largest absolute Gasteiger partial charge is 0.339 e. The number of hydrogen-bond acceptors (Lipinski definition) is 3. The lowest BCUT2D eigenvalue weighted by Crippen LogP contribution is -2.52. The molecule has 1 aliphatic heterocycles. The van der Waals surface area contributed by atoms with E-state index < -0.39 is 5.82 Å². The predicted octanol–water partition coefficient (Wildman–Crippen LogP) is 2.21. The van der Waals surface area contributed by atoms with Gasteiger partial charge < -0.3 is 14.4 Å². The number of benzene rings is 1. The second-order valence-electron chi connectivity index (χ2n) is 6.88. The van der Waals surface area contributed by atoms with Crippen LogP contribution in [0, 0.1) is 11.7 Å². The fourth-order valence-corrected chi connectivity index (χ4v) is 3.44. The van der Waals surface area contributed by atoms with Crippen molar-refractivity contribution in [3.8, 4) is 0 Å². The van der Waals surface area contributed by atoms with E-state index >= 15 is 0 Å². The van der Waals surface area contributed by atoms with Crippen molar-refractivity contribution in [3.05, 3.63) is 53.9 Å². The summed E-state index contributed by atoms with van der Waals surface area (Å²) in [7, 11) is 0. The number of amides is 2. The van der Waals surface area contributed by atoms with Crippen LogP contribution in [-0.4, -0.2) is 57.3 Å². The Bertz CT molecular complexity index is 812. The first kappa shape index (κ1) is 19.1. The van der Waals surface area contributed by atoms with Crippen molar-refractivity contribution in [1.29, 1.82) is 0 Å². The number of hydrogen-bond donors (Lipinski definition) is 0. The molecule has 2 heterocycles. The Morgan fingerprint density at radius 1 is 1.19 bits per heavy atom. The van der Waals surface area contributed by atoms with Crippen LogP contribution in [0.5, 0.6) is 0 Å². The molecule has 3 rings (SSSR count). The van der Waals surface area contributed by atoms with Gasteiger partial charge in [-0.05, 0) is 18.2 Å². The standard InChI is InChI=1S/C20H25FN4O2/c1-3-18-22-7-8-25(18)14-15(2)19(26)23-9-11-24(12-10-23)20(27)16-5-4-6-17(21)13-16/h4-8,13,15H,3,9-12,14H2,1-2H3/t15-/m1/s1. The van der Waals surface area contributed by atoms with Gasteiger partial charge in [0.25, 0.3) is 5.91 Å². The molecule has 0 unspecified atom stereocenters. The van der Waals surface area contributed by atoms with E-state index in [0.717, 1.165) is 12.2 Å². The van der Waals surface area contributed by atoms with E-state index in [4.69, 9.17) is 0 Å². The van der Waals surface area contributed by atoms with E-state index in [2.05, 4.69) is 4.98 Å². The molecule has 1 saturated heterocycles. The summed E-state index contributed by atoms with van der Waals surface area (Å²) in [5, 5.41) is 0. The summed E-state index contributed by atoms with van der Waals surface area (Å²) < 4.78 is 15.4. The number of carbonyl (C=O) groups is 2. The summed E-state index contributed by atoms with van der Waals surface area (Å²) in [6, 6.07) is 5.71. The zero-order valence-electron chi connectivity index (χ0n) is 15.8. The summed E-state index contributed by atoms with van der Waals surface area (Å²) in [6.07, 6.45) is 4.49. The van der Waals surface area contributed by atoms with Gasteiger partial charge in [0.2, 0.25) is 5.91 Å². The number of nitrogens with zero attached hydrogens (tertiary/aromatic N) is 4. The molecule has 0 radical (unpaired) electrons. The third-order valence-electron chi connectivity index (χ3n) is 4.96. The molecule has 6 nitrogen and oxygen atoms in total. The van der Waals surface area contributed by atoms with Gasteiger partial charge in [-0.25, -0.2) is 9.37 Å². The fraction of sp³-hybridized carbons (Fsp3) is 0.450. The molecule has 7 heteroatoms. The fourth-order valence-electron chi connectivity index (χ4n) is 3.44. The van der Waals surface area contributed by atoms with Crippen LogP contribution in [0.3, 0.4) is 0 Å². The molecule has 0 bridgehead atoms. The molecule has 0 saturated carbocycles. The Morgan fingerprint density at radius 3 is 2.56 bits per heavy atom. The molecule has 0 spiro atoms.